The first-order chi connectivity index (χ1) is 14.0. The van der Waals surface area contributed by atoms with Crippen LogP contribution < -0.4 is 9.47 Å². The van der Waals surface area contributed by atoms with Crippen molar-refractivity contribution in [3.63, 3.8) is 0 Å². The second-order valence-corrected chi connectivity index (χ2v) is 7.50. The van der Waals surface area contributed by atoms with Crippen LogP contribution in [0.3, 0.4) is 0 Å². The second-order valence-electron chi connectivity index (χ2n) is 5.62. The van der Waals surface area contributed by atoms with Crippen molar-refractivity contribution in [1.82, 2.24) is 9.88 Å². The third-order valence-corrected chi connectivity index (χ3v) is 5.32. The summed E-state index contributed by atoms with van der Waals surface area (Å²) >= 11 is 2.63. The maximum Gasteiger partial charge on any atom is 0.341 e. The van der Waals surface area contributed by atoms with E-state index in [1.165, 1.54) is 35.1 Å². The van der Waals surface area contributed by atoms with Crippen LogP contribution in [-0.4, -0.2) is 52.3 Å². The molecule has 1 saturated heterocycles. The summed E-state index contributed by atoms with van der Waals surface area (Å²) in [6.07, 6.45) is 5.01. The number of carboxylic acid groups (broad SMARTS) is 1. The van der Waals surface area contributed by atoms with Crippen LogP contribution in [0.2, 0.25) is 0 Å². The molecule has 0 unspecified atom stereocenters. The Morgan fingerprint density at radius 3 is 2.90 bits per heavy atom. The van der Waals surface area contributed by atoms with Gasteiger partial charge in [0.05, 0.1) is 12.0 Å². The summed E-state index contributed by atoms with van der Waals surface area (Å²) in [6.45, 7) is 3.56. The molecule has 0 spiro atoms. The van der Waals surface area contributed by atoms with Crippen LogP contribution in [0.5, 0.6) is 11.5 Å². The van der Waals surface area contributed by atoms with Gasteiger partial charge in [-0.2, -0.15) is 4.99 Å². The second kappa shape index (κ2) is 9.39. The van der Waals surface area contributed by atoms with Crippen molar-refractivity contribution in [3.05, 3.63) is 52.9 Å². The molecule has 1 fully saturated rings. The number of thioether (sulfide) groups is 1. The Kier molecular flexibility index (Phi) is 6.68. The number of benzene rings is 1. The lowest BCUT2D eigenvalue weighted by Gasteiger charge is -2.11. The van der Waals surface area contributed by atoms with Gasteiger partial charge in [0.2, 0.25) is 5.13 Å². The van der Waals surface area contributed by atoms with E-state index in [2.05, 4.69) is 16.6 Å². The number of rotatable bonds is 8. The van der Waals surface area contributed by atoms with E-state index < -0.39 is 12.6 Å². The molecule has 0 bridgehead atoms. The molecule has 8 nitrogen and oxygen atoms in total. The molecule has 2 aromatic rings. The van der Waals surface area contributed by atoms with Crippen LogP contribution in [0.4, 0.5) is 5.13 Å². The van der Waals surface area contributed by atoms with Gasteiger partial charge in [0.15, 0.2) is 23.3 Å². The first-order valence-electron chi connectivity index (χ1n) is 8.35. The summed E-state index contributed by atoms with van der Waals surface area (Å²) in [5.41, 5.74) is 0.703. The highest BCUT2D eigenvalue weighted by molar-refractivity contribution is 8.18. The van der Waals surface area contributed by atoms with Gasteiger partial charge in [0, 0.05) is 18.1 Å². The highest BCUT2D eigenvalue weighted by Crippen LogP contribution is 2.36. The van der Waals surface area contributed by atoms with Crippen LogP contribution in [0, 0.1) is 0 Å². The van der Waals surface area contributed by atoms with Gasteiger partial charge in [0.1, 0.15) is 0 Å². The maximum atomic E-state index is 12.8. The number of carboxylic acids is 1. The lowest BCUT2D eigenvalue weighted by atomic mass is 10.2. The molecule has 10 heteroatoms. The molecule has 29 heavy (non-hydrogen) atoms. The number of carbonyl (C=O) groups excluding carboxylic acids is 1. The Bertz CT molecular complexity index is 986. The molecule has 1 aliphatic rings. The lowest BCUT2D eigenvalue weighted by Crippen LogP contribution is -2.29. The van der Waals surface area contributed by atoms with Gasteiger partial charge in [-0.3, -0.25) is 9.69 Å². The van der Waals surface area contributed by atoms with E-state index in [-0.39, 0.29) is 5.91 Å². The molecule has 1 N–H and O–H groups in total. The van der Waals surface area contributed by atoms with Gasteiger partial charge in [-0.05, 0) is 35.5 Å². The van der Waals surface area contributed by atoms with Gasteiger partial charge in [-0.25, -0.2) is 9.78 Å². The van der Waals surface area contributed by atoms with Crippen molar-refractivity contribution in [2.45, 2.75) is 0 Å². The summed E-state index contributed by atoms with van der Waals surface area (Å²) in [6, 6.07) is 4.99. The Balaban J connectivity index is 1.88. The average molecular weight is 431 g/mol. The first kappa shape index (κ1) is 20.6. The zero-order valence-electron chi connectivity index (χ0n) is 15.4. The Morgan fingerprint density at radius 1 is 1.41 bits per heavy atom. The minimum absolute atomic E-state index is 0.185. The number of nitrogens with zero attached hydrogens (tertiary/aromatic N) is 3. The number of ether oxygens (including phenoxy) is 2. The molecule has 2 heterocycles. The summed E-state index contributed by atoms with van der Waals surface area (Å²) in [4.78, 5) is 34.1. The minimum atomic E-state index is -1.08. The molecule has 1 aliphatic heterocycles. The predicted octanol–water partition coefficient (Wildman–Crippen LogP) is 3.41. The van der Waals surface area contributed by atoms with Crippen LogP contribution in [0.25, 0.3) is 6.08 Å². The normalized spacial score (nSPS) is 16.4. The minimum Gasteiger partial charge on any atom is -0.493 e. The third-order valence-electron chi connectivity index (χ3n) is 3.65. The molecular formula is C19H17N3O5S2. The molecule has 0 aliphatic carbocycles. The van der Waals surface area contributed by atoms with Crippen molar-refractivity contribution in [3.8, 4) is 11.5 Å². The van der Waals surface area contributed by atoms with Crippen molar-refractivity contribution >= 4 is 51.4 Å². The standard InChI is InChI=1S/C19H17N3O5S2/c1-3-7-22-17(25)15(29-19(22)21-18-20-6-8-28-18)10-12-4-5-13(14(9-12)26-2)27-11-16(23)24/h3-6,8-10H,1,7,11H2,2H3,(H,23,24)/b15-10-,21-19?. The fourth-order valence-electron chi connectivity index (χ4n) is 2.42. The molecule has 1 aromatic carbocycles. The number of amidine groups is 1. The van der Waals surface area contributed by atoms with Crippen LogP contribution in [0.1, 0.15) is 5.56 Å². The summed E-state index contributed by atoms with van der Waals surface area (Å²) in [5, 5.41) is 11.7. The molecule has 1 amide bonds. The number of hydrogen-bond acceptors (Lipinski definition) is 8. The summed E-state index contributed by atoms with van der Waals surface area (Å²) < 4.78 is 10.5. The van der Waals surface area contributed by atoms with E-state index in [1.54, 1.807) is 36.5 Å². The van der Waals surface area contributed by atoms with E-state index >= 15 is 0 Å². The Labute approximate surface area is 175 Å². The SMILES string of the molecule is C=CCN1C(=O)/C(=C/c2ccc(OCC(=O)O)c(OC)c2)SC1=Nc1nccs1. The van der Waals surface area contributed by atoms with E-state index in [0.29, 0.717) is 38.8 Å². The molecule has 0 saturated carbocycles. The molecule has 150 valence electrons. The van der Waals surface area contributed by atoms with E-state index in [1.807, 2.05) is 5.38 Å². The maximum absolute atomic E-state index is 12.8. The van der Waals surface area contributed by atoms with Gasteiger partial charge in [-0.1, -0.05) is 12.1 Å². The first-order valence-corrected chi connectivity index (χ1v) is 10.0. The fourth-order valence-corrected chi connectivity index (χ4v) is 3.97. The van der Waals surface area contributed by atoms with Crippen molar-refractivity contribution < 1.29 is 24.2 Å². The third kappa shape index (κ3) is 5.04. The molecule has 0 atom stereocenters. The van der Waals surface area contributed by atoms with E-state index in [9.17, 15) is 9.59 Å². The molecule has 3 rings (SSSR count). The topological polar surface area (TPSA) is 101 Å². The number of amides is 1. The molecule has 1 aromatic heterocycles. The zero-order chi connectivity index (χ0) is 20.8. The smallest absolute Gasteiger partial charge is 0.341 e. The molecule has 0 radical (unpaired) electrons. The predicted molar refractivity (Wildman–Crippen MR) is 113 cm³/mol. The Morgan fingerprint density at radius 2 is 2.24 bits per heavy atom. The largest absolute Gasteiger partial charge is 0.493 e. The number of carbonyl (C=O) groups is 2. The van der Waals surface area contributed by atoms with Crippen LogP contribution in [0.15, 0.2) is 52.3 Å². The van der Waals surface area contributed by atoms with Crippen molar-refractivity contribution in [2.75, 3.05) is 20.3 Å². The van der Waals surface area contributed by atoms with Crippen molar-refractivity contribution in [1.29, 1.82) is 0 Å². The number of aliphatic carboxylic acids is 1. The van der Waals surface area contributed by atoms with Gasteiger partial charge in [-0.15, -0.1) is 17.9 Å². The highest BCUT2D eigenvalue weighted by atomic mass is 32.2. The Hall–Kier alpha value is -3.11. The van der Waals surface area contributed by atoms with Crippen LogP contribution >= 0.6 is 23.1 Å². The number of thiazole rings is 1. The average Bonchev–Trinajstić information content (AvgIpc) is 3.31. The number of hydrogen-bond donors (Lipinski definition) is 1. The van der Waals surface area contributed by atoms with Crippen LogP contribution in [-0.2, 0) is 9.59 Å². The quantitative estimate of drug-likeness (QED) is 0.505. The monoisotopic (exact) mass is 431 g/mol. The van der Waals surface area contributed by atoms with E-state index in [0.717, 1.165) is 0 Å². The van der Waals surface area contributed by atoms with Gasteiger partial charge in [0.25, 0.3) is 5.91 Å². The summed E-state index contributed by atoms with van der Waals surface area (Å²) in [7, 11) is 1.46. The highest BCUT2D eigenvalue weighted by Gasteiger charge is 2.32. The number of methoxy groups -OCH3 is 1. The van der Waals surface area contributed by atoms with E-state index in [4.69, 9.17) is 14.6 Å². The number of aliphatic imine (C=N–C) groups is 1. The summed E-state index contributed by atoms with van der Waals surface area (Å²) in [5.74, 6) is -0.589. The number of aromatic nitrogens is 1. The van der Waals surface area contributed by atoms with Gasteiger partial charge >= 0.3 is 5.97 Å². The molecular weight excluding hydrogens is 414 g/mol. The fraction of sp³-hybridized carbons (Fsp3) is 0.158. The van der Waals surface area contributed by atoms with Gasteiger partial charge < -0.3 is 14.6 Å². The lowest BCUT2D eigenvalue weighted by molar-refractivity contribution is -0.139. The van der Waals surface area contributed by atoms with Crippen molar-refractivity contribution in [2.24, 2.45) is 4.99 Å². The zero-order valence-corrected chi connectivity index (χ0v) is 17.0.